The molecular formula is C16H19N3O5. The second-order valence-corrected chi connectivity index (χ2v) is 5.37. The number of hydrogen-bond acceptors (Lipinski definition) is 6. The Hall–Kier alpha value is -2.90. The third-order valence-corrected chi connectivity index (χ3v) is 3.70. The van der Waals surface area contributed by atoms with E-state index in [2.05, 4.69) is 15.4 Å². The van der Waals surface area contributed by atoms with E-state index in [0.29, 0.717) is 18.5 Å². The Balaban J connectivity index is 2.23. The Morgan fingerprint density at radius 1 is 1.46 bits per heavy atom. The Labute approximate surface area is 139 Å². The van der Waals surface area contributed by atoms with Crippen LogP contribution in [0.25, 0.3) is 6.08 Å². The maximum absolute atomic E-state index is 12.0. The lowest BCUT2D eigenvalue weighted by Gasteiger charge is -2.16. The monoisotopic (exact) mass is 333 g/mol. The van der Waals surface area contributed by atoms with E-state index in [9.17, 15) is 19.7 Å². The summed E-state index contributed by atoms with van der Waals surface area (Å²) in [5.41, 5.74) is 0.610. The topological polar surface area (TPSA) is 111 Å². The van der Waals surface area contributed by atoms with Crippen molar-refractivity contribution in [2.75, 3.05) is 19.0 Å². The SMILES string of the molecule is COC(=O)/C=C/c1ccc(NC2CCCCNC2=O)c([N+](=O)[O-])c1. The minimum atomic E-state index is -0.546. The van der Waals surface area contributed by atoms with Gasteiger partial charge in [-0.15, -0.1) is 0 Å². The van der Waals surface area contributed by atoms with E-state index in [4.69, 9.17) is 0 Å². The second kappa shape index (κ2) is 8.09. The minimum Gasteiger partial charge on any atom is -0.466 e. The molecule has 0 aliphatic carbocycles. The zero-order valence-electron chi connectivity index (χ0n) is 13.3. The summed E-state index contributed by atoms with van der Waals surface area (Å²) < 4.78 is 4.48. The van der Waals surface area contributed by atoms with E-state index in [1.165, 1.54) is 31.4 Å². The fourth-order valence-corrected chi connectivity index (χ4v) is 2.42. The van der Waals surface area contributed by atoms with Crippen LogP contribution in [0.4, 0.5) is 11.4 Å². The molecule has 1 aromatic rings. The predicted octanol–water partition coefficient (Wildman–Crippen LogP) is 1.86. The van der Waals surface area contributed by atoms with E-state index in [-0.39, 0.29) is 17.3 Å². The van der Waals surface area contributed by atoms with Crippen molar-refractivity contribution in [3.05, 3.63) is 40.0 Å². The number of esters is 1. The highest BCUT2D eigenvalue weighted by molar-refractivity contribution is 5.88. The lowest BCUT2D eigenvalue weighted by molar-refractivity contribution is -0.384. The quantitative estimate of drug-likeness (QED) is 0.368. The van der Waals surface area contributed by atoms with E-state index in [0.717, 1.165) is 12.8 Å². The first-order valence-corrected chi connectivity index (χ1v) is 7.60. The fraction of sp³-hybridized carbons (Fsp3) is 0.375. The molecule has 0 aromatic heterocycles. The molecule has 1 aliphatic rings. The van der Waals surface area contributed by atoms with Gasteiger partial charge < -0.3 is 15.4 Å². The summed E-state index contributed by atoms with van der Waals surface area (Å²) >= 11 is 0. The van der Waals surface area contributed by atoms with Gasteiger partial charge in [-0.3, -0.25) is 14.9 Å². The highest BCUT2D eigenvalue weighted by atomic mass is 16.6. The van der Waals surface area contributed by atoms with Crippen LogP contribution < -0.4 is 10.6 Å². The van der Waals surface area contributed by atoms with Crippen molar-refractivity contribution in [2.45, 2.75) is 25.3 Å². The van der Waals surface area contributed by atoms with Crippen LogP contribution in [0.15, 0.2) is 24.3 Å². The van der Waals surface area contributed by atoms with Gasteiger partial charge >= 0.3 is 5.97 Å². The molecule has 1 aliphatic heterocycles. The number of nitrogens with one attached hydrogen (secondary N) is 2. The molecule has 128 valence electrons. The Kier molecular flexibility index (Phi) is 5.89. The van der Waals surface area contributed by atoms with Gasteiger partial charge in [0, 0.05) is 18.7 Å². The maximum Gasteiger partial charge on any atom is 0.330 e. The summed E-state index contributed by atoms with van der Waals surface area (Å²) in [7, 11) is 1.25. The van der Waals surface area contributed by atoms with Gasteiger partial charge in [0.25, 0.3) is 5.69 Å². The van der Waals surface area contributed by atoms with Crippen LogP contribution in [0.1, 0.15) is 24.8 Å². The molecular weight excluding hydrogens is 314 g/mol. The molecule has 0 radical (unpaired) electrons. The number of methoxy groups -OCH3 is 1. The third-order valence-electron chi connectivity index (χ3n) is 3.70. The van der Waals surface area contributed by atoms with E-state index in [1.807, 2.05) is 0 Å². The molecule has 8 nitrogen and oxygen atoms in total. The molecule has 1 saturated heterocycles. The number of ether oxygens (including phenoxy) is 1. The molecule has 1 fully saturated rings. The van der Waals surface area contributed by atoms with Crippen LogP contribution in [0.3, 0.4) is 0 Å². The van der Waals surface area contributed by atoms with Gasteiger partial charge in [0.1, 0.15) is 11.7 Å². The molecule has 0 saturated carbocycles. The van der Waals surface area contributed by atoms with Gasteiger partial charge in [-0.25, -0.2) is 4.79 Å². The van der Waals surface area contributed by atoms with Gasteiger partial charge in [0.05, 0.1) is 12.0 Å². The summed E-state index contributed by atoms with van der Waals surface area (Å²) in [5.74, 6) is -0.702. The first-order valence-electron chi connectivity index (χ1n) is 7.60. The van der Waals surface area contributed by atoms with Crippen molar-refractivity contribution in [2.24, 2.45) is 0 Å². The maximum atomic E-state index is 12.0. The molecule has 1 aromatic carbocycles. The molecule has 0 spiro atoms. The number of rotatable bonds is 5. The number of benzene rings is 1. The Morgan fingerprint density at radius 2 is 2.25 bits per heavy atom. The van der Waals surface area contributed by atoms with Crippen LogP contribution in [-0.2, 0) is 14.3 Å². The largest absolute Gasteiger partial charge is 0.466 e. The molecule has 2 rings (SSSR count). The van der Waals surface area contributed by atoms with Crippen molar-refractivity contribution in [1.29, 1.82) is 0 Å². The molecule has 2 N–H and O–H groups in total. The third kappa shape index (κ3) is 4.55. The van der Waals surface area contributed by atoms with E-state index in [1.54, 1.807) is 6.07 Å². The number of carbonyl (C=O) groups is 2. The van der Waals surface area contributed by atoms with Gasteiger partial charge in [-0.05, 0) is 37.0 Å². The number of anilines is 1. The van der Waals surface area contributed by atoms with Gasteiger partial charge in [-0.2, -0.15) is 0 Å². The lowest BCUT2D eigenvalue weighted by atomic mass is 10.1. The summed E-state index contributed by atoms with van der Waals surface area (Å²) in [5, 5.41) is 17.0. The van der Waals surface area contributed by atoms with Crippen molar-refractivity contribution >= 4 is 29.3 Å². The summed E-state index contributed by atoms with van der Waals surface area (Å²) in [6, 6.07) is 4.01. The standard InChI is InChI=1S/C16H19N3O5/c1-24-15(20)8-6-11-5-7-12(14(10-11)19(22)23)18-13-4-2-3-9-17-16(13)21/h5-8,10,13,18H,2-4,9H2,1H3,(H,17,21)/b8-6+. The van der Waals surface area contributed by atoms with Crippen molar-refractivity contribution in [3.8, 4) is 0 Å². The van der Waals surface area contributed by atoms with E-state index < -0.39 is 16.9 Å². The summed E-state index contributed by atoms with van der Waals surface area (Å²) in [4.78, 5) is 33.9. The van der Waals surface area contributed by atoms with Crippen LogP contribution in [0.2, 0.25) is 0 Å². The van der Waals surface area contributed by atoms with Gasteiger partial charge in [0.15, 0.2) is 0 Å². The second-order valence-electron chi connectivity index (χ2n) is 5.37. The van der Waals surface area contributed by atoms with Crippen LogP contribution in [-0.4, -0.2) is 36.5 Å². The zero-order chi connectivity index (χ0) is 17.5. The molecule has 0 bridgehead atoms. The van der Waals surface area contributed by atoms with Gasteiger partial charge in [0.2, 0.25) is 5.91 Å². The highest BCUT2D eigenvalue weighted by Crippen LogP contribution is 2.27. The molecule has 1 atom stereocenters. The Morgan fingerprint density at radius 3 is 2.96 bits per heavy atom. The smallest absolute Gasteiger partial charge is 0.330 e. The van der Waals surface area contributed by atoms with Crippen molar-refractivity contribution in [3.63, 3.8) is 0 Å². The summed E-state index contributed by atoms with van der Waals surface area (Å²) in [6.07, 6.45) is 4.99. The first kappa shape index (κ1) is 17.5. The zero-order valence-corrected chi connectivity index (χ0v) is 13.3. The highest BCUT2D eigenvalue weighted by Gasteiger charge is 2.23. The van der Waals surface area contributed by atoms with Crippen molar-refractivity contribution in [1.82, 2.24) is 5.32 Å². The number of nitro groups is 1. The molecule has 24 heavy (non-hydrogen) atoms. The number of carbonyl (C=O) groups excluding carboxylic acids is 2. The fourth-order valence-electron chi connectivity index (χ4n) is 2.42. The molecule has 8 heteroatoms. The minimum absolute atomic E-state index is 0.154. The first-order chi connectivity index (χ1) is 11.5. The lowest BCUT2D eigenvalue weighted by Crippen LogP contribution is -2.38. The van der Waals surface area contributed by atoms with Crippen LogP contribution in [0, 0.1) is 10.1 Å². The van der Waals surface area contributed by atoms with E-state index >= 15 is 0 Å². The number of nitrogens with zero attached hydrogens (tertiary/aromatic N) is 1. The van der Waals surface area contributed by atoms with Crippen LogP contribution >= 0.6 is 0 Å². The average Bonchev–Trinajstić information content (AvgIpc) is 2.78. The number of amides is 1. The Bertz CT molecular complexity index is 672. The normalized spacial score (nSPS) is 17.9. The summed E-state index contributed by atoms with van der Waals surface area (Å²) in [6.45, 7) is 0.621. The number of hydrogen-bond donors (Lipinski definition) is 2. The molecule has 1 amide bonds. The molecule has 1 heterocycles. The number of nitro benzene ring substituents is 1. The van der Waals surface area contributed by atoms with Crippen LogP contribution in [0.5, 0.6) is 0 Å². The predicted molar refractivity (Wildman–Crippen MR) is 88.4 cm³/mol. The van der Waals surface area contributed by atoms with Gasteiger partial charge in [-0.1, -0.05) is 6.07 Å². The molecule has 1 unspecified atom stereocenters. The average molecular weight is 333 g/mol. The van der Waals surface area contributed by atoms with Crippen molar-refractivity contribution < 1.29 is 19.2 Å².